The molecule has 108 valence electrons. The van der Waals surface area contributed by atoms with Gasteiger partial charge >= 0.3 is 0 Å². The SMILES string of the molecule is CC1CC(NC(=O)COC2CCCC2)CN1C1CC1. The summed E-state index contributed by atoms with van der Waals surface area (Å²) >= 11 is 0. The Balaban J connectivity index is 1.37. The second-order valence-electron chi connectivity index (χ2n) is 6.49. The maximum absolute atomic E-state index is 11.9. The predicted octanol–water partition coefficient (Wildman–Crippen LogP) is 1.69. The van der Waals surface area contributed by atoms with Gasteiger partial charge < -0.3 is 10.1 Å². The maximum atomic E-state index is 11.9. The molecule has 0 aromatic rings. The van der Waals surface area contributed by atoms with E-state index >= 15 is 0 Å². The third-order valence-electron chi connectivity index (χ3n) is 4.76. The van der Waals surface area contributed by atoms with E-state index in [9.17, 15) is 4.79 Å². The highest BCUT2D eigenvalue weighted by atomic mass is 16.5. The van der Waals surface area contributed by atoms with Gasteiger partial charge in [0.05, 0.1) is 6.10 Å². The molecule has 1 amide bonds. The Morgan fingerprint density at radius 3 is 2.68 bits per heavy atom. The van der Waals surface area contributed by atoms with Crippen LogP contribution in [0.4, 0.5) is 0 Å². The molecule has 4 heteroatoms. The fraction of sp³-hybridized carbons (Fsp3) is 0.933. The molecule has 2 aliphatic carbocycles. The van der Waals surface area contributed by atoms with Crippen molar-refractivity contribution in [2.45, 2.75) is 76.1 Å². The van der Waals surface area contributed by atoms with Crippen molar-refractivity contribution in [3.8, 4) is 0 Å². The molecule has 2 atom stereocenters. The van der Waals surface area contributed by atoms with E-state index in [4.69, 9.17) is 4.74 Å². The Kier molecular flexibility index (Phi) is 4.08. The molecule has 0 spiro atoms. The van der Waals surface area contributed by atoms with Crippen LogP contribution in [0.3, 0.4) is 0 Å². The lowest BCUT2D eigenvalue weighted by atomic mass is 10.2. The Bertz CT molecular complexity index is 324. The van der Waals surface area contributed by atoms with Crippen LogP contribution in [-0.2, 0) is 9.53 Å². The van der Waals surface area contributed by atoms with Gasteiger partial charge in [0.25, 0.3) is 0 Å². The number of amides is 1. The van der Waals surface area contributed by atoms with E-state index in [2.05, 4.69) is 17.1 Å². The molecule has 19 heavy (non-hydrogen) atoms. The molecule has 1 heterocycles. The van der Waals surface area contributed by atoms with Crippen LogP contribution in [0.25, 0.3) is 0 Å². The standard InChI is InChI=1S/C15H26N2O2/c1-11-8-12(9-17(11)13-6-7-13)16-15(18)10-19-14-4-2-3-5-14/h11-14H,2-10H2,1H3,(H,16,18). The number of hydrogen-bond donors (Lipinski definition) is 1. The molecule has 3 rings (SSSR count). The van der Waals surface area contributed by atoms with Crippen molar-refractivity contribution in [2.75, 3.05) is 13.2 Å². The number of ether oxygens (including phenoxy) is 1. The summed E-state index contributed by atoms with van der Waals surface area (Å²) in [7, 11) is 0. The Morgan fingerprint density at radius 2 is 2.00 bits per heavy atom. The molecule has 2 saturated carbocycles. The molecule has 1 saturated heterocycles. The van der Waals surface area contributed by atoms with Crippen molar-refractivity contribution in [3.63, 3.8) is 0 Å². The van der Waals surface area contributed by atoms with Crippen molar-refractivity contribution in [3.05, 3.63) is 0 Å². The minimum Gasteiger partial charge on any atom is -0.368 e. The van der Waals surface area contributed by atoms with E-state index in [-0.39, 0.29) is 12.5 Å². The fourth-order valence-electron chi connectivity index (χ4n) is 3.59. The topological polar surface area (TPSA) is 41.6 Å². The van der Waals surface area contributed by atoms with E-state index in [0.29, 0.717) is 18.2 Å². The number of likely N-dealkylation sites (tertiary alicyclic amines) is 1. The van der Waals surface area contributed by atoms with Crippen molar-refractivity contribution < 1.29 is 9.53 Å². The molecule has 1 aliphatic heterocycles. The van der Waals surface area contributed by atoms with Crippen LogP contribution < -0.4 is 5.32 Å². The molecule has 1 N–H and O–H groups in total. The minimum atomic E-state index is 0.0711. The van der Waals surface area contributed by atoms with Crippen molar-refractivity contribution in [1.82, 2.24) is 10.2 Å². The Labute approximate surface area is 115 Å². The van der Waals surface area contributed by atoms with Gasteiger partial charge in [-0.15, -0.1) is 0 Å². The van der Waals surface area contributed by atoms with Crippen molar-refractivity contribution in [2.24, 2.45) is 0 Å². The van der Waals surface area contributed by atoms with Gasteiger partial charge in [-0.1, -0.05) is 12.8 Å². The summed E-state index contributed by atoms with van der Waals surface area (Å²) in [6, 6.07) is 1.75. The molecular weight excluding hydrogens is 240 g/mol. The zero-order valence-electron chi connectivity index (χ0n) is 11.9. The summed E-state index contributed by atoms with van der Waals surface area (Å²) < 4.78 is 5.66. The average molecular weight is 266 g/mol. The summed E-state index contributed by atoms with van der Waals surface area (Å²) in [6.45, 7) is 3.56. The lowest BCUT2D eigenvalue weighted by Gasteiger charge is -2.19. The Hall–Kier alpha value is -0.610. The molecule has 0 aromatic heterocycles. The summed E-state index contributed by atoms with van der Waals surface area (Å²) in [5.74, 6) is 0.0711. The van der Waals surface area contributed by atoms with Crippen LogP contribution in [0.5, 0.6) is 0 Å². The highest BCUT2D eigenvalue weighted by molar-refractivity contribution is 5.77. The first-order valence-corrected chi connectivity index (χ1v) is 7.89. The van der Waals surface area contributed by atoms with E-state index < -0.39 is 0 Å². The maximum Gasteiger partial charge on any atom is 0.246 e. The van der Waals surface area contributed by atoms with Crippen LogP contribution in [0.2, 0.25) is 0 Å². The minimum absolute atomic E-state index is 0.0711. The fourth-order valence-corrected chi connectivity index (χ4v) is 3.59. The normalized spacial score (nSPS) is 32.9. The zero-order valence-corrected chi connectivity index (χ0v) is 11.9. The largest absolute Gasteiger partial charge is 0.368 e. The van der Waals surface area contributed by atoms with Gasteiger partial charge in [-0.05, 0) is 39.0 Å². The summed E-state index contributed by atoms with van der Waals surface area (Å²) in [4.78, 5) is 14.5. The third kappa shape index (κ3) is 3.48. The van der Waals surface area contributed by atoms with Crippen LogP contribution >= 0.6 is 0 Å². The number of hydrogen-bond acceptors (Lipinski definition) is 3. The van der Waals surface area contributed by atoms with Crippen molar-refractivity contribution in [1.29, 1.82) is 0 Å². The van der Waals surface area contributed by atoms with Crippen LogP contribution in [0.15, 0.2) is 0 Å². The molecule has 4 nitrogen and oxygen atoms in total. The molecule has 0 radical (unpaired) electrons. The van der Waals surface area contributed by atoms with Gasteiger partial charge in [-0.25, -0.2) is 0 Å². The average Bonchev–Trinajstić information content (AvgIpc) is 2.96. The van der Waals surface area contributed by atoms with Gasteiger partial charge in [-0.2, -0.15) is 0 Å². The van der Waals surface area contributed by atoms with Crippen LogP contribution in [0.1, 0.15) is 51.9 Å². The van der Waals surface area contributed by atoms with Gasteiger partial charge in [0.1, 0.15) is 6.61 Å². The predicted molar refractivity (Wildman–Crippen MR) is 73.9 cm³/mol. The van der Waals surface area contributed by atoms with Crippen molar-refractivity contribution >= 4 is 5.91 Å². The lowest BCUT2D eigenvalue weighted by Crippen LogP contribution is -2.40. The first-order valence-electron chi connectivity index (χ1n) is 7.89. The first-order chi connectivity index (χ1) is 9.22. The summed E-state index contributed by atoms with van der Waals surface area (Å²) in [6.07, 6.45) is 8.87. The smallest absolute Gasteiger partial charge is 0.246 e. The molecular formula is C15H26N2O2. The number of nitrogens with one attached hydrogen (secondary N) is 1. The monoisotopic (exact) mass is 266 g/mol. The summed E-state index contributed by atoms with van der Waals surface area (Å²) in [5.41, 5.74) is 0. The lowest BCUT2D eigenvalue weighted by molar-refractivity contribution is -0.128. The van der Waals surface area contributed by atoms with E-state index in [1.54, 1.807) is 0 Å². The number of carbonyl (C=O) groups excluding carboxylic acids is 1. The van der Waals surface area contributed by atoms with E-state index in [1.807, 2.05) is 0 Å². The number of nitrogens with zero attached hydrogens (tertiary/aromatic N) is 1. The number of rotatable bonds is 5. The molecule has 3 aliphatic rings. The third-order valence-corrected chi connectivity index (χ3v) is 4.76. The first kappa shape index (κ1) is 13.4. The molecule has 3 fully saturated rings. The van der Waals surface area contributed by atoms with Gasteiger partial charge in [0.2, 0.25) is 5.91 Å². The van der Waals surface area contributed by atoms with Crippen LogP contribution in [0, 0.1) is 0 Å². The van der Waals surface area contributed by atoms with E-state index in [1.165, 1.54) is 25.7 Å². The summed E-state index contributed by atoms with van der Waals surface area (Å²) in [5, 5.41) is 3.14. The van der Waals surface area contributed by atoms with Crippen LogP contribution in [-0.4, -0.2) is 48.2 Å². The Morgan fingerprint density at radius 1 is 1.26 bits per heavy atom. The number of carbonyl (C=O) groups is 1. The van der Waals surface area contributed by atoms with Gasteiger partial charge in [-0.3, -0.25) is 9.69 Å². The highest BCUT2D eigenvalue weighted by Gasteiger charge is 2.39. The van der Waals surface area contributed by atoms with Gasteiger partial charge in [0, 0.05) is 24.7 Å². The molecule has 0 aromatic carbocycles. The highest BCUT2D eigenvalue weighted by Crippen LogP contribution is 2.33. The van der Waals surface area contributed by atoms with E-state index in [0.717, 1.165) is 31.8 Å². The molecule has 0 bridgehead atoms. The second-order valence-corrected chi connectivity index (χ2v) is 6.49. The second kappa shape index (κ2) is 5.80. The quantitative estimate of drug-likeness (QED) is 0.823. The zero-order chi connectivity index (χ0) is 13.2. The van der Waals surface area contributed by atoms with Gasteiger partial charge in [0.15, 0.2) is 0 Å². The molecule has 2 unspecified atom stereocenters.